The van der Waals surface area contributed by atoms with E-state index >= 15 is 0 Å². The standard InChI is InChI=1S/C14H11BrCl2N2O/c1-8(9-2-4-11(16)12(17)6-9)19-14(20)13-5-3-10(15)7-18-13/h2-8H,1H3,(H,19,20). The molecule has 0 aliphatic rings. The van der Waals surface area contributed by atoms with E-state index in [9.17, 15) is 4.79 Å². The van der Waals surface area contributed by atoms with Crippen LogP contribution in [0, 0.1) is 0 Å². The van der Waals surface area contributed by atoms with E-state index in [4.69, 9.17) is 23.2 Å². The highest BCUT2D eigenvalue weighted by molar-refractivity contribution is 9.10. The van der Waals surface area contributed by atoms with E-state index in [1.165, 1.54) is 0 Å². The summed E-state index contributed by atoms with van der Waals surface area (Å²) in [5.74, 6) is -0.240. The van der Waals surface area contributed by atoms with E-state index in [-0.39, 0.29) is 11.9 Å². The number of carbonyl (C=O) groups excluding carboxylic acids is 1. The summed E-state index contributed by atoms with van der Waals surface area (Å²) in [5.41, 5.74) is 1.24. The molecule has 0 radical (unpaired) electrons. The molecule has 0 saturated heterocycles. The number of nitrogens with one attached hydrogen (secondary N) is 1. The first-order chi connectivity index (χ1) is 9.47. The van der Waals surface area contributed by atoms with Crippen molar-refractivity contribution in [1.82, 2.24) is 10.3 Å². The van der Waals surface area contributed by atoms with Crippen molar-refractivity contribution >= 4 is 45.0 Å². The number of halogens is 3. The molecule has 1 aromatic heterocycles. The molecule has 0 saturated carbocycles. The Morgan fingerprint density at radius 3 is 2.60 bits per heavy atom. The minimum Gasteiger partial charge on any atom is -0.344 e. The lowest BCUT2D eigenvalue weighted by atomic mass is 10.1. The molecule has 0 fully saturated rings. The molecule has 20 heavy (non-hydrogen) atoms. The Morgan fingerprint density at radius 2 is 2.00 bits per heavy atom. The van der Waals surface area contributed by atoms with E-state index in [1.807, 2.05) is 13.0 Å². The monoisotopic (exact) mass is 372 g/mol. The van der Waals surface area contributed by atoms with Gasteiger partial charge in [-0.15, -0.1) is 0 Å². The molecule has 0 aliphatic heterocycles. The molecule has 1 amide bonds. The van der Waals surface area contributed by atoms with Crippen LogP contribution in [-0.4, -0.2) is 10.9 Å². The Balaban J connectivity index is 2.10. The summed E-state index contributed by atoms with van der Waals surface area (Å²) in [6.07, 6.45) is 1.58. The van der Waals surface area contributed by atoms with Crippen molar-refractivity contribution in [2.75, 3.05) is 0 Å². The third-order valence-corrected chi connectivity index (χ3v) is 3.96. The molecule has 3 nitrogen and oxygen atoms in total. The highest BCUT2D eigenvalue weighted by Gasteiger charge is 2.13. The molecule has 2 rings (SSSR count). The summed E-state index contributed by atoms with van der Waals surface area (Å²) < 4.78 is 0.826. The number of aromatic nitrogens is 1. The second kappa shape index (κ2) is 6.57. The van der Waals surface area contributed by atoms with Gasteiger partial charge in [0.1, 0.15) is 5.69 Å². The zero-order valence-corrected chi connectivity index (χ0v) is 13.6. The van der Waals surface area contributed by atoms with Crippen molar-refractivity contribution in [3.8, 4) is 0 Å². The van der Waals surface area contributed by atoms with Crippen LogP contribution in [0.25, 0.3) is 0 Å². The van der Waals surface area contributed by atoms with Gasteiger partial charge in [0.25, 0.3) is 5.91 Å². The van der Waals surface area contributed by atoms with Crippen molar-refractivity contribution in [2.24, 2.45) is 0 Å². The zero-order valence-electron chi connectivity index (χ0n) is 10.5. The predicted molar refractivity (Wildman–Crippen MR) is 84.3 cm³/mol. The number of pyridine rings is 1. The Labute approximate surface area is 135 Å². The molecule has 0 bridgehead atoms. The summed E-state index contributed by atoms with van der Waals surface area (Å²) in [4.78, 5) is 16.1. The summed E-state index contributed by atoms with van der Waals surface area (Å²) >= 11 is 15.1. The first kappa shape index (κ1) is 15.3. The van der Waals surface area contributed by atoms with Gasteiger partial charge in [-0.1, -0.05) is 29.3 Å². The van der Waals surface area contributed by atoms with Crippen LogP contribution >= 0.6 is 39.1 Å². The number of amides is 1. The Hall–Kier alpha value is -1.10. The van der Waals surface area contributed by atoms with Gasteiger partial charge in [-0.2, -0.15) is 0 Å². The lowest BCUT2D eigenvalue weighted by Crippen LogP contribution is -2.27. The van der Waals surface area contributed by atoms with Gasteiger partial charge in [0.15, 0.2) is 0 Å². The van der Waals surface area contributed by atoms with Gasteiger partial charge in [-0.05, 0) is 52.7 Å². The lowest BCUT2D eigenvalue weighted by molar-refractivity contribution is 0.0935. The first-order valence-corrected chi connectivity index (χ1v) is 7.39. The quantitative estimate of drug-likeness (QED) is 0.851. The third-order valence-electron chi connectivity index (χ3n) is 2.75. The molecule has 1 heterocycles. The van der Waals surface area contributed by atoms with Crippen molar-refractivity contribution < 1.29 is 4.79 Å². The summed E-state index contributed by atoms with van der Waals surface area (Å²) in [5, 5.41) is 3.81. The van der Waals surface area contributed by atoms with Crippen LogP contribution in [0.1, 0.15) is 29.0 Å². The average Bonchev–Trinajstić information content (AvgIpc) is 2.42. The summed E-state index contributed by atoms with van der Waals surface area (Å²) in [7, 11) is 0. The van der Waals surface area contributed by atoms with Gasteiger partial charge in [0.05, 0.1) is 16.1 Å². The van der Waals surface area contributed by atoms with E-state index in [1.54, 1.807) is 30.5 Å². The second-order valence-electron chi connectivity index (χ2n) is 4.23. The largest absolute Gasteiger partial charge is 0.344 e. The van der Waals surface area contributed by atoms with Crippen LogP contribution in [0.4, 0.5) is 0 Å². The molecule has 1 N–H and O–H groups in total. The van der Waals surface area contributed by atoms with E-state index in [0.717, 1.165) is 10.0 Å². The van der Waals surface area contributed by atoms with Crippen LogP contribution in [-0.2, 0) is 0 Å². The zero-order chi connectivity index (χ0) is 14.7. The van der Waals surface area contributed by atoms with Crippen LogP contribution in [0.15, 0.2) is 41.0 Å². The number of carbonyl (C=O) groups is 1. The number of hydrogen-bond donors (Lipinski definition) is 1. The Morgan fingerprint density at radius 1 is 1.25 bits per heavy atom. The fourth-order valence-electron chi connectivity index (χ4n) is 1.65. The van der Waals surface area contributed by atoms with Gasteiger partial charge >= 0.3 is 0 Å². The molecule has 6 heteroatoms. The van der Waals surface area contributed by atoms with Crippen LogP contribution in [0.5, 0.6) is 0 Å². The normalized spacial score (nSPS) is 12.0. The van der Waals surface area contributed by atoms with Gasteiger partial charge in [-0.3, -0.25) is 4.79 Å². The maximum absolute atomic E-state index is 12.0. The fourth-order valence-corrected chi connectivity index (χ4v) is 2.19. The molecule has 0 spiro atoms. The summed E-state index contributed by atoms with van der Waals surface area (Å²) in [6, 6.07) is 8.51. The van der Waals surface area contributed by atoms with Gasteiger partial charge in [0.2, 0.25) is 0 Å². The Kier molecular flexibility index (Phi) is 5.02. The molecule has 104 valence electrons. The van der Waals surface area contributed by atoms with Crippen LogP contribution < -0.4 is 5.32 Å². The van der Waals surface area contributed by atoms with Crippen molar-refractivity contribution in [3.05, 3.63) is 62.3 Å². The summed E-state index contributed by atoms with van der Waals surface area (Å²) in [6.45, 7) is 1.87. The number of benzene rings is 1. The average molecular weight is 374 g/mol. The minimum absolute atomic E-state index is 0.192. The van der Waals surface area contributed by atoms with Crippen LogP contribution in [0.3, 0.4) is 0 Å². The van der Waals surface area contributed by atoms with Crippen molar-refractivity contribution in [3.63, 3.8) is 0 Å². The van der Waals surface area contributed by atoms with Gasteiger partial charge in [0, 0.05) is 10.7 Å². The highest BCUT2D eigenvalue weighted by Crippen LogP contribution is 2.25. The second-order valence-corrected chi connectivity index (χ2v) is 5.96. The molecule has 1 unspecified atom stereocenters. The molecule has 2 aromatic rings. The van der Waals surface area contributed by atoms with E-state index in [0.29, 0.717) is 15.7 Å². The number of hydrogen-bond acceptors (Lipinski definition) is 2. The molecule has 0 aliphatic carbocycles. The Bertz CT molecular complexity index is 632. The van der Waals surface area contributed by atoms with E-state index < -0.39 is 0 Å². The van der Waals surface area contributed by atoms with Crippen molar-refractivity contribution in [1.29, 1.82) is 0 Å². The number of rotatable bonds is 3. The van der Waals surface area contributed by atoms with E-state index in [2.05, 4.69) is 26.2 Å². The maximum atomic E-state index is 12.0. The lowest BCUT2D eigenvalue weighted by Gasteiger charge is -2.14. The SMILES string of the molecule is CC(NC(=O)c1ccc(Br)cn1)c1ccc(Cl)c(Cl)c1. The molecule has 1 atom stereocenters. The molecular weight excluding hydrogens is 363 g/mol. The topological polar surface area (TPSA) is 42.0 Å². The molecule has 1 aromatic carbocycles. The number of nitrogens with zero attached hydrogens (tertiary/aromatic N) is 1. The third kappa shape index (κ3) is 3.72. The van der Waals surface area contributed by atoms with Gasteiger partial charge < -0.3 is 5.32 Å². The van der Waals surface area contributed by atoms with Crippen molar-refractivity contribution in [2.45, 2.75) is 13.0 Å². The molecular formula is C14H11BrCl2N2O. The fraction of sp³-hybridized carbons (Fsp3) is 0.143. The maximum Gasteiger partial charge on any atom is 0.270 e. The highest BCUT2D eigenvalue weighted by atomic mass is 79.9. The minimum atomic E-state index is -0.240. The first-order valence-electron chi connectivity index (χ1n) is 5.84. The smallest absolute Gasteiger partial charge is 0.270 e. The predicted octanol–water partition coefficient (Wildman–Crippen LogP) is 4.64. The van der Waals surface area contributed by atoms with Gasteiger partial charge in [-0.25, -0.2) is 4.98 Å². The van der Waals surface area contributed by atoms with Crippen LogP contribution in [0.2, 0.25) is 10.0 Å².